The van der Waals surface area contributed by atoms with Crippen molar-refractivity contribution in [3.63, 3.8) is 0 Å². The van der Waals surface area contributed by atoms with Crippen LogP contribution in [0.1, 0.15) is 22.8 Å². The first-order chi connectivity index (χ1) is 13.6. The van der Waals surface area contributed by atoms with Gasteiger partial charge in [-0.05, 0) is 36.8 Å². The smallest absolute Gasteiger partial charge is 0.261 e. The van der Waals surface area contributed by atoms with Crippen molar-refractivity contribution in [2.75, 3.05) is 19.6 Å². The van der Waals surface area contributed by atoms with Crippen LogP contribution in [0.2, 0.25) is 0 Å². The summed E-state index contributed by atoms with van der Waals surface area (Å²) in [4.78, 5) is 32.3. The number of nitrogens with one attached hydrogen (secondary N) is 1. The van der Waals surface area contributed by atoms with Crippen molar-refractivity contribution in [3.8, 4) is 11.5 Å². The molecule has 0 aliphatic carbocycles. The zero-order chi connectivity index (χ0) is 19.5. The van der Waals surface area contributed by atoms with Gasteiger partial charge in [-0.15, -0.1) is 0 Å². The number of furan rings is 1. The molecule has 6 heteroatoms. The molecule has 1 aromatic carbocycles. The van der Waals surface area contributed by atoms with Gasteiger partial charge in [-0.3, -0.25) is 14.5 Å². The second kappa shape index (κ2) is 7.86. The highest BCUT2D eigenvalue weighted by Crippen LogP contribution is 2.18. The van der Waals surface area contributed by atoms with Crippen LogP contribution in [0.25, 0.3) is 11.5 Å². The lowest BCUT2D eigenvalue weighted by molar-refractivity contribution is 0.0474. The number of hydrogen-bond donors (Lipinski definition) is 1. The molecule has 4 rings (SSSR count). The number of pyridine rings is 1. The van der Waals surface area contributed by atoms with Gasteiger partial charge >= 0.3 is 0 Å². The summed E-state index contributed by atoms with van der Waals surface area (Å²) in [6, 6.07) is 17.2. The largest absolute Gasteiger partial charge is 0.463 e. The Bertz CT molecular complexity index is 995. The van der Waals surface area contributed by atoms with Crippen molar-refractivity contribution in [2.45, 2.75) is 19.5 Å². The molecule has 1 unspecified atom stereocenters. The minimum atomic E-state index is -0.391. The number of carbonyl (C=O) groups excluding carboxylic acids is 1. The van der Waals surface area contributed by atoms with Crippen LogP contribution >= 0.6 is 0 Å². The summed E-state index contributed by atoms with van der Waals surface area (Å²) < 4.78 is 5.30. The van der Waals surface area contributed by atoms with Crippen molar-refractivity contribution in [3.05, 3.63) is 82.3 Å². The van der Waals surface area contributed by atoms with E-state index >= 15 is 0 Å². The van der Waals surface area contributed by atoms with Gasteiger partial charge in [0.05, 0.1) is 12.0 Å². The maximum Gasteiger partial charge on any atom is 0.261 e. The monoisotopic (exact) mass is 377 g/mol. The Labute approximate surface area is 163 Å². The van der Waals surface area contributed by atoms with Gasteiger partial charge in [0.25, 0.3) is 11.5 Å². The number of H-pyrrole nitrogens is 1. The summed E-state index contributed by atoms with van der Waals surface area (Å²) in [6.07, 6.45) is 1.54. The Kier molecular flexibility index (Phi) is 5.12. The van der Waals surface area contributed by atoms with Crippen LogP contribution < -0.4 is 5.56 Å². The molecule has 1 amide bonds. The lowest BCUT2D eigenvalue weighted by atomic mass is 10.1. The van der Waals surface area contributed by atoms with E-state index in [9.17, 15) is 9.59 Å². The molecule has 28 heavy (non-hydrogen) atoms. The van der Waals surface area contributed by atoms with Gasteiger partial charge in [0, 0.05) is 32.2 Å². The van der Waals surface area contributed by atoms with Crippen LogP contribution in [0, 0.1) is 0 Å². The van der Waals surface area contributed by atoms with E-state index in [1.165, 1.54) is 5.56 Å². The van der Waals surface area contributed by atoms with Crippen LogP contribution in [-0.4, -0.2) is 46.4 Å². The molecule has 0 radical (unpaired) electrons. The summed E-state index contributed by atoms with van der Waals surface area (Å²) in [5.74, 6) is 0.345. The summed E-state index contributed by atoms with van der Waals surface area (Å²) in [6.45, 7) is 5.06. The molecule has 0 saturated carbocycles. The predicted molar refractivity (Wildman–Crippen MR) is 107 cm³/mol. The fourth-order valence-corrected chi connectivity index (χ4v) is 3.69. The van der Waals surface area contributed by atoms with Crippen LogP contribution in [0.4, 0.5) is 0 Å². The quantitative estimate of drug-likeness (QED) is 0.759. The van der Waals surface area contributed by atoms with E-state index in [1.54, 1.807) is 35.4 Å². The minimum absolute atomic E-state index is 0.0362. The van der Waals surface area contributed by atoms with Crippen molar-refractivity contribution in [1.29, 1.82) is 0 Å². The predicted octanol–water partition coefficient (Wildman–Crippen LogP) is 2.98. The fraction of sp³-hybridized carbons (Fsp3) is 0.273. The van der Waals surface area contributed by atoms with Crippen LogP contribution in [0.15, 0.2) is 70.1 Å². The molecule has 3 heterocycles. The molecule has 2 aromatic heterocycles. The Morgan fingerprint density at radius 3 is 2.61 bits per heavy atom. The average Bonchev–Trinajstić information content (AvgIpc) is 3.23. The topological polar surface area (TPSA) is 69.5 Å². The van der Waals surface area contributed by atoms with Gasteiger partial charge in [0.15, 0.2) is 0 Å². The van der Waals surface area contributed by atoms with E-state index in [-0.39, 0.29) is 17.5 Å². The molecule has 6 nitrogen and oxygen atoms in total. The zero-order valence-corrected chi connectivity index (χ0v) is 15.8. The molecule has 1 aliphatic heterocycles. The normalized spacial score (nSPS) is 17.6. The molecule has 1 aliphatic rings. The van der Waals surface area contributed by atoms with E-state index in [0.29, 0.717) is 18.0 Å². The third kappa shape index (κ3) is 3.77. The molecular weight excluding hydrogens is 354 g/mol. The number of rotatable bonds is 4. The van der Waals surface area contributed by atoms with Gasteiger partial charge in [-0.1, -0.05) is 30.3 Å². The number of carbonyl (C=O) groups is 1. The third-order valence-electron chi connectivity index (χ3n) is 5.15. The summed E-state index contributed by atoms with van der Waals surface area (Å²) in [5.41, 5.74) is 1.60. The van der Waals surface area contributed by atoms with E-state index < -0.39 is 5.56 Å². The van der Waals surface area contributed by atoms with Gasteiger partial charge in [-0.2, -0.15) is 0 Å². The zero-order valence-electron chi connectivity index (χ0n) is 15.8. The van der Waals surface area contributed by atoms with Gasteiger partial charge in [-0.25, -0.2) is 0 Å². The fourth-order valence-electron chi connectivity index (χ4n) is 3.69. The molecule has 144 valence electrons. The molecule has 1 atom stereocenters. The van der Waals surface area contributed by atoms with Crippen molar-refractivity contribution < 1.29 is 9.21 Å². The molecule has 1 fully saturated rings. The summed E-state index contributed by atoms with van der Waals surface area (Å²) >= 11 is 0. The number of aromatic amines is 1. The third-order valence-corrected chi connectivity index (χ3v) is 5.15. The number of piperazine rings is 1. The van der Waals surface area contributed by atoms with E-state index in [0.717, 1.165) is 19.6 Å². The number of nitrogens with zero attached hydrogens (tertiary/aromatic N) is 2. The van der Waals surface area contributed by atoms with Gasteiger partial charge in [0.2, 0.25) is 0 Å². The Morgan fingerprint density at radius 1 is 1.11 bits per heavy atom. The van der Waals surface area contributed by atoms with Crippen molar-refractivity contribution in [2.24, 2.45) is 0 Å². The molecule has 0 spiro atoms. The highest BCUT2D eigenvalue weighted by molar-refractivity contribution is 5.94. The maximum absolute atomic E-state index is 13.0. The van der Waals surface area contributed by atoms with E-state index in [4.69, 9.17) is 4.42 Å². The molecular formula is C22H23N3O3. The standard InChI is InChI=1S/C22H23N3O3/c1-16-14-24(15-17-6-3-2-4-7-17)11-12-25(16)22(27)18-9-10-19(23-21(18)26)20-8-5-13-28-20/h2-10,13,16H,11-12,14-15H2,1H3,(H,23,26). The summed E-state index contributed by atoms with van der Waals surface area (Å²) in [5, 5.41) is 0. The second-order valence-electron chi connectivity index (χ2n) is 7.16. The van der Waals surface area contributed by atoms with Crippen molar-refractivity contribution in [1.82, 2.24) is 14.8 Å². The maximum atomic E-state index is 13.0. The van der Waals surface area contributed by atoms with Crippen LogP contribution in [0.3, 0.4) is 0 Å². The van der Waals surface area contributed by atoms with Gasteiger partial charge in [0.1, 0.15) is 11.3 Å². The van der Waals surface area contributed by atoms with E-state index in [1.807, 2.05) is 25.1 Å². The van der Waals surface area contributed by atoms with Crippen LogP contribution in [-0.2, 0) is 6.54 Å². The minimum Gasteiger partial charge on any atom is -0.463 e. The summed E-state index contributed by atoms with van der Waals surface area (Å²) in [7, 11) is 0. The first kappa shape index (κ1) is 18.3. The number of aromatic nitrogens is 1. The molecule has 1 saturated heterocycles. The number of amides is 1. The highest BCUT2D eigenvalue weighted by atomic mass is 16.3. The second-order valence-corrected chi connectivity index (χ2v) is 7.16. The highest BCUT2D eigenvalue weighted by Gasteiger charge is 2.29. The first-order valence-electron chi connectivity index (χ1n) is 9.46. The Balaban J connectivity index is 1.45. The SMILES string of the molecule is CC1CN(Cc2ccccc2)CCN1C(=O)c1ccc(-c2ccco2)[nH]c1=O. The lowest BCUT2D eigenvalue weighted by Gasteiger charge is -2.39. The molecule has 0 bridgehead atoms. The van der Waals surface area contributed by atoms with E-state index in [2.05, 4.69) is 22.0 Å². The lowest BCUT2D eigenvalue weighted by Crippen LogP contribution is -2.54. The van der Waals surface area contributed by atoms with Crippen LogP contribution in [0.5, 0.6) is 0 Å². The molecule has 1 N–H and O–H groups in total. The molecule has 3 aromatic rings. The number of hydrogen-bond acceptors (Lipinski definition) is 4. The first-order valence-corrected chi connectivity index (χ1v) is 9.46. The van der Waals surface area contributed by atoms with Gasteiger partial charge < -0.3 is 14.3 Å². The Morgan fingerprint density at radius 2 is 1.93 bits per heavy atom. The average molecular weight is 377 g/mol. The Hall–Kier alpha value is -3.12. The number of benzene rings is 1. The van der Waals surface area contributed by atoms with Crippen molar-refractivity contribution >= 4 is 5.91 Å².